The Labute approximate surface area is 191 Å². The fraction of sp³-hybridized carbons (Fsp3) is 0. The van der Waals surface area contributed by atoms with E-state index in [0.29, 0.717) is 0 Å². The first-order chi connectivity index (χ1) is 16.4. The highest BCUT2D eigenvalue weighted by Gasteiger charge is 2.23. The van der Waals surface area contributed by atoms with E-state index in [1.165, 1.54) is 71.3 Å². The molecule has 1 heteroatoms. The SMILES string of the molecule is c1ccc2c(c1)-c1cccc3cc(-n4c5ccccc5c5ccc6ccccc6c54)cc-2c13. The largest absolute Gasteiger partial charge is 0.309 e. The molecule has 1 heterocycles. The molecule has 7 aromatic rings. The second-order valence-corrected chi connectivity index (χ2v) is 8.98. The quantitative estimate of drug-likeness (QED) is 0.252. The van der Waals surface area contributed by atoms with Crippen molar-refractivity contribution in [2.24, 2.45) is 0 Å². The molecule has 1 nitrogen and oxygen atoms in total. The second kappa shape index (κ2) is 6.11. The van der Waals surface area contributed by atoms with E-state index in [1.807, 2.05) is 0 Å². The molecule has 33 heavy (non-hydrogen) atoms. The van der Waals surface area contributed by atoms with Gasteiger partial charge in [0, 0.05) is 21.8 Å². The van der Waals surface area contributed by atoms with E-state index in [0.717, 1.165) is 0 Å². The number of hydrogen-bond donors (Lipinski definition) is 0. The van der Waals surface area contributed by atoms with Crippen molar-refractivity contribution in [3.8, 4) is 27.9 Å². The van der Waals surface area contributed by atoms with Gasteiger partial charge in [0.05, 0.1) is 11.0 Å². The average molecular weight is 418 g/mol. The zero-order chi connectivity index (χ0) is 21.5. The number of hydrogen-bond acceptors (Lipinski definition) is 0. The van der Waals surface area contributed by atoms with Crippen LogP contribution in [0.25, 0.3) is 71.3 Å². The zero-order valence-electron chi connectivity index (χ0n) is 17.9. The molecule has 152 valence electrons. The molecule has 0 spiro atoms. The minimum absolute atomic E-state index is 1.22. The van der Waals surface area contributed by atoms with Crippen molar-refractivity contribution in [1.29, 1.82) is 0 Å². The summed E-state index contributed by atoms with van der Waals surface area (Å²) in [5.41, 5.74) is 9.09. The van der Waals surface area contributed by atoms with Crippen LogP contribution in [-0.2, 0) is 0 Å². The van der Waals surface area contributed by atoms with Crippen LogP contribution < -0.4 is 0 Å². The Morgan fingerprint density at radius 1 is 0.424 bits per heavy atom. The summed E-state index contributed by atoms with van der Waals surface area (Å²) in [4.78, 5) is 0. The van der Waals surface area contributed by atoms with Crippen LogP contribution in [0.15, 0.2) is 115 Å². The molecule has 0 fully saturated rings. The molecule has 0 bridgehead atoms. The molecule has 8 rings (SSSR count). The monoisotopic (exact) mass is 417 g/mol. The molecule has 0 radical (unpaired) electrons. The van der Waals surface area contributed by atoms with Crippen molar-refractivity contribution >= 4 is 43.4 Å². The lowest BCUT2D eigenvalue weighted by Crippen LogP contribution is -1.95. The maximum absolute atomic E-state index is 2.47. The number of benzene rings is 6. The van der Waals surface area contributed by atoms with E-state index in [2.05, 4.69) is 120 Å². The molecule has 0 saturated heterocycles. The van der Waals surface area contributed by atoms with E-state index in [1.54, 1.807) is 0 Å². The van der Waals surface area contributed by atoms with Crippen molar-refractivity contribution in [3.63, 3.8) is 0 Å². The Morgan fingerprint density at radius 2 is 1.12 bits per heavy atom. The molecule has 0 atom stereocenters. The minimum atomic E-state index is 1.22. The summed E-state index contributed by atoms with van der Waals surface area (Å²) in [6.07, 6.45) is 0. The number of aromatic nitrogens is 1. The van der Waals surface area contributed by atoms with Crippen molar-refractivity contribution < 1.29 is 0 Å². The predicted molar refractivity (Wildman–Crippen MR) is 140 cm³/mol. The average Bonchev–Trinajstić information content (AvgIpc) is 3.39. The van der Waals surface area contributed by atoms with E-state index in [-0.39, 0.29) is 0 Å². The second-order valence-electron chi connectivity index (χ2n) is 8.98. The van der Waals surface area contributed by atoms with Crippen molar-refractivity contribution in [1.82, 2.24) is 4.57 Å². The molecule has 0 N–H and O–H groups in total. The fourth-order valence-corrected chi connectivity index (χ4v) is 5.93. The van der Waals surface area contributed by atoms with Crippen molar-refractivity contribution in [2.45, 2.75) is 0 Å². The maximum atomic E-state index is 2.47. The Hall–Kier alpha value is -4.36. The van der Waals surface area contributed by atoms with Gasteiger partial charge in [0.2, 0.25) is 0 Å². The van der Waals surface area contributed by atoms with Crippen LogP contribution in [0.1, 0.15) is 0 Å². The van der Waals surface area contributed by atoms with Gasteiger partial charge in [0.15, 0.2) is 0 Å². The molecule has 0 amide bonds. The molecular weight excluding hydrogens is 398 g/mol. The van der Waals surface area contributed by atoms with Gasteiger partial charge in [-0.2, -0.15) is 0 Å². The van der Waals surface area contributed by atoms with Crippen LogP contribution in [0.5, 0.6) is 0 Å². The lowest BCUT2D eigenvalue weighted by molar-refractivity contribution is 1.19. The lowest BCUT2D eigenvalue weighted by Gasteiger charge is -2.13. The van der Waals surface area contributed by atoms with Crippen LogP contribution in [0.4, 0.5) is 0 Å². The zero-order valence-corrected chi connectivity index (χ0v) is 17.9. The molecule has 0 saturated carbocycles. The fourth-order valence-electron chi connectivity index (χ4n) is 5.93. The van der Waals surface area contributed by atoms with Gasteiger partial charge in [-0.05, 0) is 56.6 Å². The van der Waals surface area contributed by atoms with Gasteiger partial charge < -0.3 is 4.57 Å². The summed E-state index contributed by atoms with van der Waals surface area (Å²) in [5.74, 6) is 0. The summed E-state index contributed by atoms with van der Waals surface area (Å²) in [5, 5.41) is 7.82. The molecular formula is C32H19N. The number of fused-ring (bicyclic) bond motifs is 8. The van der Waals surface area contributed by atoms with Gasteiger partial charge in [0.1, 0.15) is 0 Å². The molecule has 1 aliphatic carbocycles. The molecule has 0 unspecified atom stereocenters. The Morgan fingerprint density at radius 3 is 2.03 bits per heavy atom. The minimum Gasteiger partial charge on any atom is -0.309 e. The number of rotatable bonds is 1. The van der Waals surface area contributed by atoms with Crippen LogP contribution in [0, 0.1) is 0 Å². The maximum Gasteiger partial charge on any atom is 0.0619 e. The summed E-state index contributed by atoms with van der Waals surface area (Å²) in [6.45, 7) is 0. The van der Waals surface area contributed by atoms with Crippen molar-refractivity contribution in [2.75, 3.05) is 0 Å². The lowest BCUT2D eigenvalue weighted by atomic mass is 10.0. The van der Waals surface area contributed by atoms with Gasteiger partial charge in [-0.15, -0.1) is 0 Å². The molecule has 0 aliphatic heterocycles. The summed E-state index contributed by atoms with van der Waals surface area (Å²) in [7, 11) is 0. The highest BCUT2D eigenvalue weighted by Crippen LogP contribution is 2.48. The predicted octanol–water partition coefficient (Wildman–Crippen LogP) is 8.74. The number of nitrogens with zero attached hydrogens (tertiary/aromatic N) is 1. The first kappa shape index (κ1) is 17.2. The first-order valence-electron chi connectivity index (χ1n) is 11.5. The van der Waals surface area contributed by atoms with Gasteiger partial charge in [-0.1, -0.05) is 97.1 Å². The van der Waals surface area contributed by atoms with E-state index < -0.39 is 0 Å². The van der Waals surface area contributed by atoms with E-state index in [4.69, 9.17) is 0 Å². The molecule has 1 aliphatic rings. The normalized spacial score (nSPS) is 12.2. The van der Waals surface area contributed by atoms with Crippen LogP contribution in [-0.4, -0.2) is 4.57 Å². The van der Waals surface area contributed by atoms with Crippen LogP contribution in [0.3, 0.4) is 0 Å². The van der Waals surface area contributed by atoms with Gasteiger partial charge in [-0.25, -0.2) is 0 Å². The van der Waals surface area contributed by atoms with Gasteiger partial charge in [-0.3, -0.25) is 0 Å². The highest BCUT2D eigenvalue weighted by atomic mass is 15.0. The topological polar surface area (TPSA) is 4.93 Å². The Bertz CT molecular complexity index is 1920. The third-order valence-corrected chi connectivity index (χ3v) is 7.29. The van der Waals surface area contributed by atoms with E-state index in [9.17, 15) is 0 Å². The third kappa shape index (κ3) is 2.16. The van der Waals surface area contributed by atoms with E-state index >= 15 is 0 Å². The summed E-state index contributed by atoms with van der Waals surface area (Å²) in [6, 6.07) is 42.3. The summed E-state index contributed by atoms with van der Waals surface area (Å²) >= 11 is 0. The smallest absolute Gasteiger partial charge is 0.0619 e. The Balaban J connectivity index is 1.58. The third-order valence-electron chi connectivity index (χ3n) is 7.29. The van der Waals surface area contributed by atoms with Crippen molar-refractivity contribution in [3.05, 3.63) is 115 Å². The van der Waals surface area contributed by atoms with Crippen LogP contribution >= 0.6 is 0 Å². The molecule has 6 aromatic carbocycles. The highest BCUT2D eigenvalue weighted by molar-refractivity contribution is 6.20. The molecule has 1 aromatic heterocycles. The Kier molecular flexibility index (Phi) is 3.19. The van der Waals surface area contributed by atoms with Gasteiger partial charge >= 0.3 is 0 Å². The van der Waals surface area contributed by atoms with Crippen LogP contribution in [0.2, 0.25) is 0 Å². The number of para-hydroxylation sites is 1. The first-order valence-corrected chi connectivity index (χ1v) is 11.5. The standard InChI is InChI=1S/C32H19N/c1-2-10-23-20(8-1)16-17-28-26-13-5-6-15-30(26)33(32(23)28)22-18-21-9-7-14-27-24-11-3-4-12-25(24)29(19-22)31(21)27/h1-19H. The summed E-state index contributed by atoms with van der Waals surface area (Å²) < 4.78 is 2.47. The van der Waals surface area contributed by atoms with Gasteiger partial charge in [0.25, 0.3) is 0 Å².